The Morgan fingerprint density at radius 1 is 1.30 bits per heavy atom. The first kappa shape index (κ1) is 14.4. The van der Waals surface area contributed by atoms with Crippen LogP contribution in [0, 0.1) is 6.92 Å². The molecule has 0 bridgehead atoms. The van der Waals surface area contributed by atoms with Crippen LogP contribution in [-0.4, -0.2) is 17.8 Å². The van der Waals surface area contributed by atoms with Crippen LogP contribution in [0.15, 0.2) is 18.2 Å². The first-order valence-electron chi connectivity index (χ1n) is 6.20. The second-order valence-electron chi connectivity index (χ2n) is 4.51. The second kappa shape index (κ2) is 5.19. The number of alkyl halides is 3. The number of para-hydroxylation sites is 1. The summed E-state index contributed by atoms with van der Waals surface area (Å²) in [5, 5.41) is 0.611. The number of anilines is 1. The van der Waals surface area contributed by atoms with Gasteiger partial charge in [-0.3, -0.25) is 0 Å². The van der Waals surface area contributed by atoms with Crippen molar-refractivity contribution in [3.63, 3.8) is 0 Å². The van der Waals surface area contributed by atoms with Crippen molar-refractivity contribution >= 4 is 16.6 Å². The lowest BCUT2D eigenvalue weighted by molar-refractivity contribution is -0.153. The third-order valence-corrected chi connectivity index (χ3v) is 3.10. The van der Waals surface area contributed by atoms with Gasteiger partial charge in [-0.05, 0) is 25.0 Å². The van der Waals surface area contributed by atoms with Crippen LogP contribution in [0.2, 0.25) is 0 Å². The van der Waals surface area contributed by atoms with Gasteiger partial charge in [0.15, 0.2) is 6.61 Å². The fourth-order valence-corrected chi connectivity index (χ4v) is 2.05. The van der Waals surface area contributed by atoms with Gasteiger partial charge in [0.05, 0.1) is 0 Å². The van der Waals surface area contributed by atoms with E-state index in [2.05, 4.69) is 4.98 Å². The molecule has 0 spiro atoms. The monoisotopic (exact) mass is 284 g/mol. The zero-order chi connectivity index (χ0) is 14.9. The molecule has 0 amide bonds. The van der Waals surface area contributed by atoms with Crippen LogP contribution in [0.3, 0.4) is 0 Å². The molecule has 0 aliphatic heterocycles. The molecule has 3 nitrogen and oxygen atoms in total. The van der Waals surface area contributed by atoms with Gasteiger partial charge >= 0.3 is 6.18 Å². The second-order valence-corrected chi connectivity index (χ2v) is 4.51. The molecule has 0 aliphatic carbocycles. The van der Waals surface area contributed by atoms with Crippen molar-refractivity contribution in [2.75, 3.05) is 12.3 Å². The van der Waals surface area contributed by atoms with Crippen LogP contribution in [-0.2, 0) is 6.42 Å². The highest BCUT2D eigenvalue weighted by Gasteiger charge is 2.29. The molecular weight excluding hydrogens is 269 g/mol. The fraction of sp³-hybridized carbons (Fsp3) is 0.357. The molecule has 1 aromatic carbocycles. The molecule has 0 unspecified atom stereocenters. The molecule has 1 heterocycles. The van der Waals surface area contributed by atoms with Gasteiger partial charge < -0.3 is 10.5 Å². The van der Waals surface area contributed by atoms with Crippen LogP contribution in [0.1, 0.15) is 18.2 Å². The van der Waals surface area contributed by atoms with E-state index in [4.69, 9.17) is 10.5 Å². The summed E-state index contributed by atoms with van der Waals surface area (Å²) in [6.07, 6.45) is -3.73. The van der Waals surface area contributed by atoms with Gasteiger partial charge in [-0.25, -0.2) is 4.98 Å². The normalized spacial score (nSPS) is 11.8. The molecule has 0 fully saturated rings. The third kappa shape index (κ3) is 2.79. The Morgan fingerprint density at radius 3 is 2.60 bits per heavy atom. The summed E-state index contributed by atoms with van der Waals surface area (Å²) in [6.45, 7) is 2.42. The summed E-state index contributed by atoms with van der Waals surface area (Å²) < 4.78 is 41.6. The van der Waals surface area contributed by atoms with Gasteiger partial charge in [0, 0.05) is 16.8 Å². The molecule has 0 radical (unpaired) electrons. The average Bonchev–Trinajstić information content (AvgIpc) is 2.39. The molecule has 2 N–H and O–H groups in total. The number of nitrogens with two attached hydrogens (primary N) is 1. The molecule has 0 saturated carbocycles. The van der Waals surface area contributed by atoms with Crippen molar-refractivity contribution in [1.29, 1.82) is 0 Å². The van der Waals surface area contributed by atoms with Gasteiger partial charge in [-0.1, -0.05) is 19.1 Å². The number of hydrogen-bond donors (Lipinski definition) is 1. The number of nitrogen functional groups attached to an aromatic ring is 1. The van der Waals surface area contributed by atoms with Crippen LogP contribution in [0.5, 0.6) is 5.75 Å². The van der Waals surface area contributed by atoms with E-state index in [9.17, 15) is 13.2 Å². The Balaban J connectivity index is 2.54. The van der Waals surface area contributed by atoms with E-state index in [1.807, 2.05) is 13.8 Å². The van der Waals surface area contributed by atoms with E-state index >= 15 is 0 Å². The highest BCUT2D eigenvalue weighted by atomic mass is 19.4. The van der Waals surface area contributed by atoms with E-state index in [1.54, 1.807) is 12.1 Å². The lowest BCUT2D eigenvalue weighted by Gasteiger charge is -2.14. The molecule has 2 aromatic rings. The Labute approximate surface area is 114 Å². The first-order chi connectivity index (χ1) is 9.33. The number of fused-ring (bicyclic) bond motifs is 1. The number of nitrogens with zero attached hydrogens (tertiary/aromatic N) is 1. The predicted octanol–water partition coefficient (Wildman–Crippen LogP) is 3.63. The minimum atomic E-state index is -4.38. The summed E-state index contributed by atoms with van der Waals surface area (Å²) in [5.74, 6) is 0.0984. The number of aromatic nitrogens is 1. The number of benzene rings is 1. The van der Waals surface area contributed by atoms with Crippen molar-refractivity contribution in [2.24, 2.45) is 0 Å². The maximum absolute atomic E-state index is 12.3. The standard InChI is InChI=1S/C14H15F3N2O/c1-3-10-8(2)12(18)9-5-4-6-11(13(9)19-10)20-7-14(15,16)17/h4-6H,3,7H2,1-2H3,(H2,18,19). The maximum Gasteiger partial charge on any atom is 0.422 e. The Morgan fingerprint density at radius 2 is 2.00 bits per heavy atom. The SMILES string of the molecule is CCc1nc2c(OCC(F)(F)F)cccc2c(N)c1C. The van der Waals surface area contributed by atoms with Crippen LogP contribution < -0.4 is 10.5 Å². The van der Waals surface area contributed by atoms with Gasteiger partial charge in [0.25, 0.3) is 0 Å². The summed E-state index contributed by atoms with van der Waals surface area (Å²) >= 11 is 0. The van der Waals surface area contributed by atoms with Crippen molar-refractivity contribution < 1.29 is 17.9 Å². The van der Waals surface area contributed by atoms with E-state index in [0.717, 1.165) is 11.3 Å². The average molecular weight is 284 g/mol. The lowest BCUT2D eigenvalue weighted by Crippen LogP contribution is -2.19. The van der Waals surface area contributed by atoms with Crippen molar-refractivity contribution in [3.8, 4) is 5.75 Å². The largest absolute Gasteiger partial charge is 0.482 e. The van der Waals surface area contributed by atoms with Gasteiger partial charge in [-0.15, -0.1) is 0 Å². The minimum Gasteiger partial charge on any atom is -0.482 e. The first-order valence-corrected chi connectivity index (χ1v) is 6.20. The molecule has 0 atom stereocenters. The maximum atomic E-state index is 12.3. The van der Waals surface area contributed by atoms with Crippen LogP contribution in [0.4, 0.5) is 18.9 Å². The highest BCUT2D eigenvalue weighted by molar-refractivity contribution is 5.95. The van der Waals surface area contributed by atoms with Crippen LogP contribution in [0.25, 0.3) is 10.9 Å². The number of pyridine rings is 1. The molecular formula is C14H15F3N2O. The summed E-state index contributed by atoms with van der Waals surface area (Å²) in [5.41, 5.74) is 8.55. The molecule has 2 rings (SSSR count). The number of ether oxygens (including phenoxy) is 1. The van der Waals surface area contributed by atoms with E-state index in [0.29, 0.717) is 23.0 Å². The van der Waals surface area contributed by atoms with E-state index in [-0.39, 0.29) is 5.75 Å². The molecule has 0 saturated heterocycles. The van der Waals surface area contributed by atoms with Gasteiger partial charge in [0.2, 0.25) is 0 Å². The molecule has 6 heteroatoms. The fourth-order valence-electron chi connectivity index (χ4n) is 2.05. The zero-order valence-electron chi connectivity index (χ0n) is 11.2. The number of rotatable bonds is 3. The number of hydrogen-bond acceptors (Lipinski definition) is 3. The third-order valence-electron chi connectivity index (χ3n) is 3.10. The van der Waals surface area contributed by atoms with Crippen molar-refractivity contribution in [1.82, 2.24) is 4.98 Å². The van der Waals surface area contributed by atoms with E-state index < -0.39 is 12.8 Å². The Bertz CT molecular complexity index is 638. The van der Waals surface area contributed by atoms with E-state index in [1.165, 1.54) is 6.07 Å². The molecule has 1 aromatic heterocycles. The number of halogens is 3. The predicted molar refractivity (Wildman–Crippen MR) is 71.8 cm³/mol. The summed E-state index contributed by atoms with van der Waals surface area (Å²) in [4.78, 5) is 4.38. The molecule has 20 heavy (non-hydrogen) atoms. The smallest absolute Gasteiger partial charge is 0.422 e. The number of aryl methyl sites for hydroxylation is 1. The van der Waals surface area contributed by atoms with Crippen molar-refractivity contribution in [2.45, 2.75) is 26.4 Å². The molecule has 108 valence electrons. The summed E-state index contributed by atoms with van der Waals surface area (Å²) in [7, 11) is 0. The molecule has 0 aliphatic rings. The summed E-state index contributed by atoms with van der Waals surface area (Å²) in [6, 6.07) is 4.80. The Kier molecular flexibility index (Phi) is 3.74. The minimum absolute atomic E-state index is 0.0984. The highest BCUT2D eigenvalue weighted by Crippen LogP contribution is 2.32. The van der Waals surface area contributed by atoms with Crippen LogP contribution >= 0.6 is 0 Å². The lowest BCUT2D eigenvalue weighted by atomic mass is 10.1. The Hall–Kier alpha value is -1.98. The zero-order valence-corrected chi connectivity index (χ0v) is 11.2. The van der Waals surface area contributed by atoms with Crippen molar-refractivity contribution in [3.05, 3.63) is 29.5 Å². The topological polar surface area (TPSA) is 48.1 Å². The van der Waals surface area contributed by atoms with Gasteiger partial charge in [-0.2, -0.15) is 13.2 Å². The quantitative estimate of drug-likeness (QED) is 0.936. The van der Waals surface area contributed by atoms with Gasteiger partial charge in [0.1, 0.15) is 11.3 Å².